The second kappa shape index (κ2) is 23.6. The first-order chi connectivity index (χ1) is 32.1. The molecule has 1 saturated carbocycles. The number of fused-ring (bicyclic) bond motifs is 1. The number of nitriles is 1. The quantitative estimate of drug-likeness (QED) is 0.0588. The number of piperidine rings is 1. The summed E-state index contributed by atoms with van der Waals surface area (Å²) in [7, 11) is 0. The van der Waals surface area contributed by atoms with Crippen LogP contribution in [0.1, 0.15) is 72.1 Å². The summed E-state index contributed by atoms with van der Waals surface area (Å²) in [5.74, 6) is -0.901. The molecule has 0 bridgehead atoms. The maximum Gasteiger partial charge on any atom is 0.264 e. The molecule has 3 aliphatic heterocycles. The number of nitrogens with one attached hydrogen (secondary N) is 6. The first kappa shape index (κ1) is 48.2. The van der Waals surface area contributed by atoms with E-state index in [0.29, 0.717) is 108 Å². The van der Waals surface area contributed by atoms with Crippen LogP contribution in [0, 0.1) is 16.7 Å². The van der Waals surface area contributed by atoms with Crippen LogP contribution in [0.5, 0.6) is 0 Å². The van der Waals surface area contributed by atoms with E-state index in [1.807, 2.05) is 24.3 Å². The third kappa shape index (κ3) is 12.8. The lowest BCUT2D eigenvalue weighted by molar-refractivity contribution is -0.136. The van der Waals surface area contributed by atoms with E-state index < -0.39 is 35.1 Å². The lowest BCUT2D eigenvalue weighted by Crippen LogP contribution is -2.54. The number of amides is 5. The molecule has 5 heterocycles. The van der Waals surface area contributed by atoms with Crippen LogP contribution in [-0.4, -0.2) is 142 Å². The SMILES string of the molecule is N#CC1(CNc2cccc(-c3cc(NC4CCC(NCC(=O)NCCOCCOCCOCCNc5cccc6c5C(=O)N(C5CCC(=O)NC5=O)C6=O)CC4)ncc3Cl)n2)CCOCC1. The van der Waals surface area contributed by atoms with Crippen LogP contribution < -0.4 is 31.9 Å². The van der Waals surface area contributed by atoms with Crippen molar-refractivity contribution in [2.45, 2.75) is 69.5 Å². The molecular formula is C46H57ClN10O9. The Balaban J connectivity index is 0.697. The highest BCUT2D eigenvalue weighted by Gasteiger charge is 2.45. The predicted octanol–water partition coefficient (Wildman–Crippen LogP) is 3.52. The van der Waals surface area contributed by atoms with Crippen molar-refractivity contribution in [3.63, 3.8) is 0 Å². The summed E-state index contributed by atoms with van der Waals surface area (Å²) in [5.41, 5.74) is 1.87. The zero-order valence-corrected chi connectivity index (χ0v) is 37.6. The largest absolute Gasteiger partial charge is 0.382 e. The van der Waals surface area contributed by atoms with Crippen molar-refractivity contribution in [1.82, 2.24) is 30.8 Å². The number of rotatable bonds is 23. The van der Waals surface area contributed by atoms with Crippen LogP contribution in [-0.2, 0) is 33.3 Å². The molecule has 1 aliphatic carbocycles. The molecule has 6 N–H and O–H groups in total. The molecule has 2 saturated heterocycles. The average Bonchev–Trinajstić information content (AvgIpc) is 3.59. The van der Waals surface area contributed by atoms with Gasteiger partial charge in [-0.05, 0) is 75.3 Å². The van der Waals surface area contributed by atoms with Gasteiger partial charge in [-0.15, -0.1) is 0 Å². The van der Waals surface area contributed by atoms with Gasteiger partial charge in [-0.3, -0.25) is 34.2 Å². The highest BCUT2D eigenvalue weighted by molar-refractivity contribution is 6.33. The maximum absolute atomic E-state index is 13.2. The van der Waals surface area contributed by atoms with E-state index in [-0.39, 0.29) is 48.5 Å². The van der Waals surface area contributed by atoms with Gasteiger partial charge in [-0.2, -0.15) is 5.26 Å². The summed E-state index contributed by atoms with van der Waals surface area (Å²) in [5, 5.41) is 28.8. The monoisotopic (exact) mass is 928 g/mol. The summed E-state index contributed by atoms with van der Waals surface area (Å²) in [6.45, 7) is 4.74. The number of hydrogen-bond donors (Lipinski definition) is 6. The number of hydrogen-bond acceptors (Lipinski definition) is 16. The Bertz CT molecular complexity index is 2250. The highest BCUT2D eigenvalue weighted by Crippen LogP contribution is 2.34. The number of carbonyl (C=O) groups excluding carboxylic acids is 5. The molecule has 0 radical (unpaired) electrons. The molecule has 5 amide bonds. The second-order valence-electron chi connectivity index (χ2n) is 16.7. The molecule has 66 heavy (non-hydrogen) atoms. The molecular weight excluding hydrogens is 872 g/mol. The number of imide groups is 2. The molecule has 3 aromatic rings. The Morgan fingerprint density at radius 3 is 2.32 bits per heavy atom. The Hall–Kier alpha value is -5.75. The van der Waals surface area contributed by atoms with E-state index in [0.717, 1.165) is 42.0 Å². The van der Waals surface area contributed by atoms with Crippen LogP contribution in [0.25, 0.3) is 11.3 Å². The van der Waals surface area contributed by atoms with Gasteiger partial charge in [0.15, 0.2) is 0 Å². The minimum absolute atomic E-state index is 0.0552. The van der Waals surface area contributed by atoms with E-state index in [1.165, 1.54) is 0 Å². The lowest BCUT2D eigenvalue weighted by atomic mass is 9.82. The Labute approximate surface area is 388 Å². The van der Waals surface area contributed by atoms with Gasteiger partial charge in [0, 0.05) is 68.8 Å². The number of aromatic nitrogens is 2. The number of halogens is 1. The summed E-state index contributed by atoms with van der Waals surface area (Å²) in [6.07, 6.45) is 6.82. The van der Waals surface area contributed by atoms with E-state index in [2.05, 4.69) is 43.0 Å². The van der Waals surface area contributed by atoms with E-state index >= 15 is 0 Å². The fourth-order valence-electron chi connectivity index (χ4n) is 8.42. The number of ether oxygens (including phenoxy) is 4. The van der Waals surface area contributed by atoms with Crippen molar-refractivity contribution in [3.05, 3.63) is 64.8 Å². The van der Waals surface area contributed by atoms with E-state index in [9.17, 15) is 29.2 Å². The van der Waals surface area contributed by atoms with Crippen LogP contribution in [0.2, 0.25) is 5.02 Å². The molecule has 1 aromatic carbocycles. The Morgan fingerprint density at radius 2 is 1.58 bits per heavy atom. The first-order valence-corrected chi connectivity index (χ1v) is 22.9. The molecule has 7 rings (SSSR count). The van der Waals surface area contributed by atoms with Crippen LogP contribution >= 0.6 is 11.6 Å². The van der Waals surface area contributed by atoms with Crippen molar-refractivity contribution in [2.24, 2.45) is 5.41 Å². The summed E-state index contributed by atoms with van der Waals surface area (Å²) >= 11 is 6.59. The predicted molar refractivity (Wildman–Crippen MR) is 244 cm³/mol. The average molecular weight is 929 g/mol. The van der Waals surface area contributed by atoms with E-state index in [1.54, 1.807) is 24.4 Å². The van der Waals surface area contributed by atoms with Gasteiger partial charge in [-0.25, -0.2) is 9.97 Å². The summed E-state index contributed by atoms with van der Waals surface area (Å²) < 4.78 is 22.2. The molecule has 4 aliphatic rings. The standard InChI is InChI=1S/C46H57ClN10O9/c47-34-26-52-39(25-33(34)35-4-2-6-38(55-35)53-29-46(28-48)13-17-63-18-14-46)54-31-9-7-30(8-10-31)51-27-41(59)50-16-20-65-22-24-66-23-21-64-19-15-49-36-5-1-3-32-42(36)45(62)57(44(32)61)37-11-12-40(58)56-43(37)60/h1-6,25-26,30-31,37,49,51H,7-24,27,29H2,(H,50,59)(H,52,54)(H,53,55)(H,56,58,60). The van der Waals surface area contributed by atoms with E-state index in [4.69, 9.17) is 35.5 Å². The molecule has 1 unspecified atom stereocenters. The molecule has 1 atom stereocenters. The van der Waals surface area contributed by atoms with Crippen molar-refractivity contribution < 1.29 is 42.9 Å². The molecule has 352 valence electrons. The van der Waals surface area contributed by atoms with Crippen LogP contribution in [0.4, 0.5) is 17.3 Å². The Morgan fingerprint density at radius 1 is 0.864 bits per heavy atom. The molecule has 3 fully saturated rings. The molecule has 19 nitrogen and oxygen atoms in total. The summed E-state index contributed by atoms with van der Waals surface area (Å²) in [6, 6.07) is 14.5. The van der Waals surface area contributed by atoms with Crippen molar-refractivity contribution in [3.8, 4) is 17.3 Å². The maximum atomic E-state index is 13.2. The fourth-order valence-corrected chi connectivity index (χ4v) is 8.62. The van der Waals surface area contributed by atoms with Gasteiger partial charge in [0.25, 0.3) is 11.8 Å². The normalized spacial score (nSPS) is 20.3. The number of pyridine rings is 2. The minimum atomic E-state index is -1.03. The lowest BCUT2D eigenvalue weighted by Gasteiger charge is -2.30. The number of benzene rings is 1. The third-order valence-corrected chi connectivity index (χ3v) is 12.4. The van der Waals surface area contributed by atoms with Gasteiger partial charge in [0.1, 0.15) is 17.7 Å². The van der Waals surface area contributed by atoms with Gasteiger partial charge < -0.3 is 45.5 Å². The number of carbonyl (C=O) groups is 5. The van der Waals surface area contributed by atoms with Gasteiger partial charge in [0.05, 0.1) is 79.5 Å². The summed E-state index contributed by atoms with van der Waals surface area (Å²) in [4.78, 5) is 72.9. The molecule has 2 aromatic heterocycles. The smallest absolute Gasteiger partial charge is 0.264 e. The minimum Gasteiger partial charge on any atom is -0.382 e. The third-order valence-electron chi connectivity index (χ3n) is 12.1. The fraction of sp³-hybridized carbons (Fsp3) is 0.522. The number of nitrogens with zero attached hydrogens (tertiary/aromatic N) is 4. The van der Waals surface area contributed by atoms with Gasteiger partial charge >= 0.3 is 0 Å². The zero-order valence-electron chi connectivity index (χ0n) is 36.8. The van der Waals surface area contributed by atoms with Crippen molar-refractivity contribution >= 4 is 58.5 Å². The molecule has 20 heteroatoms. The first-order valence-electron chi connectivity index (χ1n) is 22.6. The zero-order chi connectivity index (χ0) is 46.3. The van der Waals surface area contributed by atoms with Gasteiger partial charge in [-0.1, -0.05) is 23.7 Å². The second-order valence-corrected chi connectivity index (χ2v) is 17.1. The Kier molecular flexibility index (Phi) is 17.2. The highest BCUT2D eigenvalue weighted by atomic mass is 35.5. The van der Waals surface area contributed by atoms with Crippen molar-refractivity contribution in [2.75, 3.05) is 95.0 Å². The molecule has 0 spiro atoms. The van der Waals surface area contributed by atoms with Crippen molar-refractivity contribution in [1.29, 1.82) is 5.26 Å². The number of anilines is 3. The topological polar surface area (TPSA) is 247 Å². The van der Waals surface area contributed by atoms with Crippen LogP contribution in [0.15, 0.2) is 48.7 Å². The van der Waals surface area contributed by atoms with Crippen LogP contribution in [0.3, 0.4) is 0 Å². The van der Waals surface area contributed by atoms with Gasteiger partial charge in [0.2, 0.25) is 17.7 Å².